The van der Waals surface area contributed by atoms with Crippen LogP contribution in [0.15, 0.2) is 41.3 Å². The van der Waals surface area contributed by atoms with Crippen molar-refractivity contribution in [3.63, 3.8) is 0 Å². The van der Waals surface area contributed by atoms with Gasteiger partial charge < -0.3 is 15.2 Å². The molecule has 10 heteroatoms. The molecular formula is C20H20F2N2O5S. The zero-order chi connectivity index (χ0) is 21.5. The van der Waals surface area contributed by atoms with Gasteiger partial charge in [-0.3, -0.25) is 4.79 Å². The first-order chi connectivity index (χ1) is 14.3. The van der Waals surface area contributed by atoms with Gasteiger partial charge in [0.15, 0.2) is 0 Å². The number of carbonyl (C=O) groups is 1. The van der Waals surface area contributed by atoms with Gasteiger partial charge in [-0.05, 0) is 42.2 Å². The third kappa shape index (κ3) is 4.03. The van der Waals surface area contributed by atoms with Gasteiger partial charge in [-0.1, -0.05) is 6.07 Å². The van der Waals surface area contributed by atoms with Gasteiger partial charge in [-0.25, -0.2) is 17.2 Å². The highest BCUT2D eigenvalue weighted by molar-refractivity contribution is 7.89. The molecule has 0 spiro atoms. The molecule has 30 heavy (non-hydrogen) atoms. The predicted molar refractivity (Wildman–Crippen MR) is 104 cm³/mol. The van der Waals surface area contributed by atoms with E-state index in [0.717, 1.165) is 12.1 Å². The Kier molecular flexibility index (Phi) is 5.48. The SMILES string of the molecule is O=C(Nc1cc(S(=O)(=O)N2CCOCC2)ccc1O)C1CC1c1ccc(F)cc1F. The predicted octanol–water partition coefficient (Wildman–Crippen LogP) is 2.43. The molecule has 7 nitrogen and oxygen atoms in total. The average molecular weight is 438 g/mol. The number of hydrogen-bond acceptors (Lipinski definition) is 5. The normalized spacial score (nSPS) is 21.9. The highest BCUT2D eigenvalue weighted by atomic mass is 32.2. The number of ether oxygens (including phenoxy) is 1. The molecule has 160 valence electrons. The number of benzene rings is 2. The Hall–Kier alpha value is -2.56. The number of hydrogen-bond donors (Lipinski definition) is 2. The lowest BCUT2D eigenvalue weighted by Gasteiger charge is -2.26. The standard InChI is InChI=1S/C20H20F2N2O5S/c21-12-1-3-14(17(22)9-12)15-11-16(15)20(26)23-18-10-13(2-4-19(18)25)30(27,28)24-5-7-29-8-6-24/h1-4,9-10,15-16,25H,5-8,11H2,(H,23,26). The molecule has 2 unspecified atom stereocenters. The number of nitrogens with zero attached hydrogens (tertiary/aromatic N) is 1. The molecule has 2 aliphatic rings. The van der Waals surface area contributed by atoms with Crippen LogP contribution in [0.5, 0.6) is 5.75 Å². The van der Waals surface area contributed by atoms with E-state index < -0.39 is 39.4 Å². The number of rotatable bonds is 5. The highest BCUT2D eigenvalue weighted by Crippen LogP contribution is 2.49. The summed E-state index contributed by atoms with van der Waals surface area (Å²) in [5, 5.41) is 12.6. The van der Waals surface area contributed by atoms with Crippen LogP contribution >= 0.6 is 0 Å². The Balaban J connectivity index is 1.50. The molecule has 2 atom stereocenters. The zero-order valence-electron chi connectivity index (χ0n) is 15.8. The van der Waals surface area contributed by atoms with Crippen molar-refractivity contribution >= 4 is 21.6 Å². The van der Waals surface area contributed by atoms with Crippen molar-refractivity contribution in [2.45, 2.75) is 17.2 Å². The monoisotopic (exact) mass is 438 g/mol. The molecule has 2 aromatic rings. The molecule has 2 N–H and O–H groups in total. The van der Waals surface area contributed by atoms with E-state index >= 15 is 0 Å². The molecule has 1 saturated heterocycles. The zero-order valence-corrected chi connectivity index (χ0v) is 16.7. The van der Waals surface area contributed by atoms with E-state index in [9.17, 15) is 27.1 Å². The molecule has 2 fully saturated rings. The Bertz CT molecular complexity index is 1090. The molecule has 2 aromatic carbocycles. The number of phenolic OH excluding ortho intramolecular Hbond substituents is 1. The summed E-state index contributed by atoms with van der Waals surface area (Å²) >= 11 is 0. The summed E-state index contributed by atoms with van der Waals surface area (Å²) in [5.74, 6) is -3.11. The molecule has 4 rings (SSSR count). The van der Waals surface area contributed by atoms with E-state index in [4.69, 9.17) is 4.74 Å². The number of nitrogens with one attached hydrogen (secondary N) is 1. The van der Waals surface area contributed by atoms with Gasteiger partial charge in [0.25, 0.3) is 0 Å². The fourth-order valence-electron chi connectivity index (χ4n) is 3.57. The topological polar surface area (TPSA) is 95.9 Å². The second-order valence-corrected chi connectivity index (χ2v) is 9.24. The van der Waals surface area contributed by atoms with Gasteiger partial charge in [0, 0.05) is 25.1 Å². The summed E-state index contributed by atoms with van der Waals surface area (Å²) in [4.78, 5) is 12.5. The number of carbonyl (C=O) groups excluding carboxylic acids is 1. The molecule has 1 amide bonds. The van der Waals surface area contributed by atoms with E-state index in [1.54, 1.807) is 0 Å². The quantitative estimate of drug-likeness (QED) is 0.699. The molecule has 1 aliphatic heterocycles. The maximum Gasteiger partial charge on any atom is 0.243 e. The Morgan fingerprint density at radius 2 is 1.87 bits per heavy atom. The molecule has 0 radical (unpaired) electrons. The Labute approximate surface area is 172 Å². The maximum atomic E-state index is 13.9. The van der Waals surface area contributed by atoms with Gasteiger partial charge in [0.05, 0.1) is 23.8 Å². The summed E-state index contributed by atoms with van der Waals surface area (Å²) < 4.78 is 59.0. The van der Waals surface area contributed by atoms with Crippen LogP contribution in [-0.4, -0.2) is 50.0 Å². The fourth-order valence-corrected chi connectivity index (χ4v) is 5.00. The van der Waals surface area contributed by atoms with Crippen LogP contribution in [0.4, 0.5) is 14.5 Å². The number of amides is 1. The van der Waals surface area contributed by atoms with E-state index in [1.165, 1.54) is 28.6 Å². The Morgan fingerprint density at radius 1 is 1.13 bits per heavy atom. The van der Waals surface area contributed by atoms with Crippen molar-refractivity contribution in [3.05, 3.63) is 53.6 Å². The third-order valence-corrected chi connectivity index (χ3v) is 7.22. The van der Waals surface area contributed by atoms with Crippen LogP contribution in [0.2, 0.25) is 0 Å². The maximum absolute atomic E-state index is 13.9. The first-order valence-electron chi connectivity index (χ1n) is 9.44. The van der Waals surface area contributed by atoms with Gasteiger partial charge in [-0.2, -0.15) is 4.31 Å². The van der Waals surface area contributed by atoms with Crippen LogP contribution in [0.25, 0.3) is 0 Å². The lowest BCUT2D eigenvalue weighted by Crippen LogP contribution is -2.40. The van der Waals surface area contributed by atoms with Crippen molar-refractivity contribution in [2.75, 3.05) is 31.6 Å². The number of sulfonamides is 1. The van der Waals surface area contributed by atoms with Crippen molar-refractivity contribution in [1.82, 2.24) is 4.31 Å². The summed E-state index contributed by atoms with van der Waals surface area (Å²) in [6, 6.07) is 6.89. The van der Waals surface area contributed by atoms with E-state index in [0.29, 0.717) is 19.6 Å². The Morgan fingerprint density at radius 3 is 2.57 bits per heavy atom. The van der Waals surface area contributed by atoms with Crippen LogP contribution in [0.3, 0.4) is 0 Å². The number of halogens is 2. The highest BCUT2D eigenvalue weighted by Gasteiger charge is 2.45. The van der Waals surface area contributed by atoms with Crippen molar-refractivity contribution < 1.29 is 31.8 Å². The van der Waals surface area contributed by atoms with Gasteiger partial charge >= 0.3 is 0 Å². The molecule has 0 aromatic heterocycles. The van der Waals surface area contributed by atoms with Crippen LogP contribution in [0, 0.1) is 17.6 Å². The first kappa shape index (κ1) is 20.7. The van der Waals surface area contributed by atoms with Crippen LogP contribution < -0.4 is 5.32 Å². The largest absolute Gasteiger partial charge is 0.506 e. The molecule has 1 heterocycles. The second kappa shape index (κ2) is 7.93. The lowest BCUT2D eigenvalue weighted by atomic mass is 10.1. The van der Waals surface area contributed by atoms with E-state index in [2.05, 4.69) is 5.32 Å². The molecule has 1 saturated carbocycles. The second-order valence-electron chi connectivity index (χ2n) is 7.30. The van der Waals surface area contributed by atoms with E-state index in [1.807, 2.05) is 0 Å². The van der Waals surface area contributed by atoms with Crippen LogP contribution in [0.1, 0.15) is 17.9 Å². The lowest BCUT2D eigenvalue weighted by molar-refractivity contribution is -0.117. The number of aromatic hydroxyl groups is 1. The van der Waals surface area contributed by atoms with Crippen molar-refractivity contribution in [3.8, 4) is 5.75 Å². The van der Waals surface area contributed by atoms with E-state index in [-0.39, 0.29) is 35.0 Å². The number of morpholine rings is 1. The van der Waals surface area contributed by atoms with Crippen molar-refractivity contribution in [1.29, 1.82) is 0 Å². The minimum Gasteiger partial charge on any atom is -0.506 e. The molecule has 1 aliphatic carbocycles. The summed E-state index contributed by atoms with van der Waals surface area (Å²) in [5.41, 5.74) is 0.212. The summed E-state index contributed by atoms with van der Waals surface area (Å²) in [6.07, 6.45) is 0.376. The van der Waals surface area contributed by atoms with Crippen LogP contribution in [-0.2, 0) is 19.6 Å². The van der Waals surface area contributed by atoms with Gasteiger partial charge in [0.2, 0.25) is 15.9 Å². The van der Waals surface area contributed by atoms with Gasteiger partial charge in [-0.15, -0.1) is 0 Å². The van der Waals surface area contributed by atoms with Gasteiger partial charge in [0.1, 0.15) is 17.4 Å². The summed E-state index contributed by atoms with van der Waals surface area (Å²) in [7, 11) is -3.80. The summed E-state index contributed by atoms with van der Waals surface area (Å²) in [6.45, 7) is 1.03. The smallest absolute Gasteiger partial charge is 0.243 e. The average Bonchev–Trinajstić information content (AvgIpc) is 3.51. The number of anilines is 1. The fraction of sp³-hybridized carbons (Fsp3) is 0.350. The van der Waals surface area contributed by atoms with Crippen molar-refractivity contribution in [2.24, 2.45) is 5.92 Å². The first-order valence-corrected chi connectivity index (χ1v) is 10.9. The minimum absolute atomic E-state index is 0.0421. The number of phenols is 1. The third-order valence-electron chi connectivity index (χ3n) is 5.32. The molecule has 0 bridgehead atoms. The minimum atomic E-state index is -3.80. The molecular weight excluding hydrogens is 418 g/mol.